The van der Waals surface area contributed by atoms with Crippen molar-refractivity contribution in [1.29, 1.82) is 0 Å². The molecule has 1 aromatic carbocycles. The van der Waals surface area contributed by atoms with Crippen molar-refractivity contribution in [3.8, 4) is 0 Å². The molecule has 48 heavy (non-hydrogen) atoms. The second-order valence-electron chi connectivity index (χ2n) is 13.5. The maximum Gasteiger partial charge on any atom is 0.508 e. The molecule has 14 nitrogen and oxygen atoms in total. The van der Waals surface area contributed by atoms with E-state index in [0.29, 0.717) is 0 Å². The number of hydrogen-bond acceptors (Lipinski definition) is 14. The van der Waals surface area contributed by atoms with Crippen molar-refractivity contribution in [2.45, 2.75) is 103 Å². The molecule has 0 heterocycles. The summed E-state index contributed by atoms with van der Waals surface area (Å²) in [5, 5.41) is 48.5. The van der Waals surface area contributed by atoms with Crippen LogP contribution < -0.4 is 0 Å². The number of aliphatic hydroxyl groups is 4. The highest BCUT2D eigenvalue weighted by atomic mass is 16.7. The van der Waals surface area contributed by atoms with Crippen molar-refractivity contribution in [2.24, 2.45) is 16.7 Å². The summed E-state index contributed by atoms with van der Waals surface area (Å²) < 4.78 is 27.6. The molecule has 4 N–H and O–H groups in total. The van der Waals surface area contributed by atoms with Gasteiger partial charge in [-0.25, -0.2) is 9.59 Å². The van der Waals surface area contributed by atoms with E-state index in [1.165, 1.54) is 46.8 Å². The second-order valence-corrected chi connectivity index (χ2v) is 13.5. The Morgan fingerprint density at radius 1 is 0.917 bits per heavy atom. The van der Waals surface area contributed by atoms with E-state index in [2.05, 4.69) is 0 Å². The molecule has 2 bridgehead atoms. The summed E-state index contributed by atoms with van der Waals surface area (Å²) in [6.45, 7) is 8.31. The number of hydrogen-bond donors (Lipinski definition) is 4. The Morgan fingerprint density at radius 2 is 1.54 bits per heavy atom. The number of carbonyl (C=O) groups excluding carboxylic acids is 5. The summed E-state index contributed by atoms with van der Waals surface area (Å²) in [7, 11) is 0. The van der Waals surface area contributed by atoms with Crippen LogP contribution in [0.5, 0.6) is 0 Å². The summed E-state index contributed by atoms with van der Waals surface area (Å²) in [6, 6.07) is 7.63. The molecule has 3 aliphatic carbocycles. The Kier molecular flexibility index (Phi) is 10.2. The molecule has 14 heteroatoms. The molecular formula is C34H44O14. The highest BCUT2D eigenvalue weighted by Crippen LogP contribution is 2.62. The molecule has 4 rings (SSSR count). The fourth-order valence-corrected chi connectivity index (χ4v) is 7.81. The first kappa shape index (κ1) is 37.0. The second kappa shape index (κ2) is 13.2. The van der Waals surface area contributed by atoms with Gasteiger partial charge in [0, 0.05) is 38.0 Å². The normalized spacial score (nSPS) is 35.7. The maximum absolute atomic E-state index is 15.2. The number of ketones is 1. The predicted octanol–water partition coefficient (Wildman–Crippen LogP) is 1.79. The van der Waals surface area contributed by atoms with Crippen LogP contribution in [0.25, 0.3) is 0 Å². The molecule has 3 aliphatic rings. The van der Waals surface area contributed by atoms with E-state index in [1.807, 2.05) is 0 Å². The van der Waals surface area contributed by atoms with Crippen LogP contribution in [0, 0.1) is 16.7 Å². The topological polar surface area (TPSA) is 212 Å². The molecule has 0 aliphatic heterocycles. The smallest absolute Gasteiger partial charge is 0.463 e. The number of carbonyl (C=O) groups is 5. The molecule has 0 amide bonds. The SMILES string of the molecule is CCOC(=O)O[C@H]1C[C@H](O)[C@@](O)(COC(C)=O)[C@H]2[C@H](OC(=O)c3ccccc3)[C@]3(O)C[C@H](O)C(C)=C([C@@H](OC(C)=O)C(=O)[C@]12C)C3(C)C. The average molecular weight is 677 g/mol. The standard InChI is InChI=1S/C34H44O14/c1-8-44-30(41)47-23-14-22(38)33(42,16-45-18(3)35)26-28(48-29(40)20-12-10-9-11-13-20)34(43)15-21(37)17(2)24(31(34,5)6)25(46-19(4)36)27(39)32(23,26)7/h9-13,21-23,25-26,28,37-38,42-43H,8,14-16H2,1-7H3/t21-,22-,23-,25+,26-,28-,32+,33-,34+/m0/s1. The minimum absolute atomic E-state index is 0.00826. The largest absolute Gasteiger partial charge is 0.508 e. The molecule has 0 aromatic heterocycles. The van der Waals surface area contributed by atoms with Crippen molar-refractivity contribution in [3.63, 3.8) is 0 Å². The van der Waals surface area contributed by atoms with Crippen LogP contribution in [0.3, 0.4) is 0 Å². The van der Waals surface area contributed by atoms with Gasteiger partial charge >= 0.3 is 24.1 Å². The number of fused-ring (bicyclic) bond motifs is 3. The number of esters is 3. The van der Waals surface area contributed by atoms with Crippen molar-refractivity contribution in [3.05, 3.63) is 47.0 Å². The van der Waals surface area contributed by atoms with Crippen LogP contribution in [0.2, 0.25) is 0 Å². The van der Waals surface area contributed by atoms with Gasteiger partial charge in [-0.15, -0.1) is 0 Å². The van der Waals surface area contributed by atoms with E-state index in [1.54, 1.807) is 18.2 Å². The highest BCUT2D eigenvalue weighted by Gasteiger charge is 2.75. The van der Waals surface area contributed by atoms with E-state index in [4.69, 9.17) is 23.7 Å². The zero-order valence-electron chi connectivity index (χ0n) is 28.1. The number of Topliss-reactive ketones (excluding diaryl/α,β-unsaturated/α-hetero) is 1. The number of aliphatic hydroxyl groups excluding tert-OH is 2. The molecule has 0 unspecified atom stereocenters. The van der Waals surface area contributed by atoms with Gasteiger partial charge in [-0.1, -0.05) is 32.0 Å². The first-order valence-corrected chi connectivity index (χ1v) is 15.7. The Hall–Kier alpha value is -3.85. The van der Waals surface area contributed by atoms with E-state index in [-0.39, 0.29) is 23.3 Å². The molecule has 2 saturated carbocycles. The fourth-order valence-electron chi connectivity index (χ4n) is 7.81. The summed E-state index contributed by atoms with van der Waals surface area (Å²) in [5.41, 5.74) is -8.72. The third-order valence-electron chi connectivity index (χ3n) is 10.4. The lowest BCUT2D eigenvalue weighted by atomic mass is 9.45. The fraction of sp³-hybridized carbons (Fsp3) is 0.618. The lowest BCUT2D eigenvalue weighted by Gasteiger charge is -2.64. The molecule has 0 spiro atoms. The van der Waals surface area contributed by atoms with Crippen molar-refractivity contribution >= 4 is 29.8 Å². The molecule has 0 saturated heterocycles. The monoisotopic (exact) mass is 676 g/mol. The van der Waals surface area contributed by atoms with Gasteiger partial charge in [0.1, 0.15) is 30.0 Å². The Bertz CT molecular complexity index is 1490. The summed E-state index contributed by atoms with van der Waals surface area (Å²) >= 11 is 0. The Balaban J connectivity index is 2.14. The first-order valence-electron chi connectivity index (χ1n) is 15.7. The maximum atomic E-state index is 15.2. The van der Waals surface area contributed by atoms with Gasteiger partial charge in [-0.3, -0.25) is 14.4 Å². The van der Waals surface area contributed by atoms with Gasteiger partial charge in [0.2, 0.25) is 0 Å². The third kappa shape index (κ3) is 5.99. The number of benzene rings is 1. The Labute approximate surface area is 277 Å². The molecule has 0 radical (unpaired) electrons. The quantitative estimate of drug-likeness (QED) is 0.184. The van der Waals surface area contributed by atoms with Gasteiger partial charge in [0.05, 0.1) is 29.8 Å². The first-order chi connectivity index (χ1) is 22.3. The molecule has 1 aromatic rings. The number of ether oxygens (including phenoxy) is 5. The van der Waals surface area contributed by atoms with Crippen LogP contribution in [0.1, 0.15) is 71.7 Å². The summed E-state index contributed by atoms with van der Waals surface area (Å²) in [5.74, 6) is -5.69. The molecule has 9 atom stereocenters. The zero-order chi connectivity index (χ0) is 36.0. The predicted molar refractivity (Wildman–Crippen MR) is 164 cm³/mol. The number of rotatable bonds is 7. The van der Waals surface area contributed by atoms with Crippen molar-refractivity contribution in [1.82, 2.24) is 0 Å². The van der Waals surface area contributed by atoms with Crippen LogP contribution >= 0.6 is 0 Å². The van der Waals surface area contributed by atoms with E-state index in [9.17, 15) is 39.6 Å². The molecular weight excluding hydrogens is 632 g/mol. The van der Waals surface area contributed by atoms with Crippen molar-refractivity contribution < 1.29 is 68.1 Å². The van der Waals surface area contributed by atoms with Crippen LogP contribution in [-0.2, 0) is 38.1 Å². The van der Waals surface area contributed by atoms with Gasteiger partial charge in [-0.05, 0) is 44.1 Å². The third-order valence-corrected chi connectivity index (χ3v) is 10.4. The highest BCUT2D eigenvalue weighted by molar-refractivity contribution is 5.95. The van der Waals surface area contributed by atoms with Crippen LogP contribution in [0.15, 0.2) is 41.5 Å². The minimum atomic E-state index is -2.67. The lowest BCUT2D eigenvalue weighted by Crippen LogP contribution is -2.78. The summed E-state index contributed by atoms with van der Waals surface area (Å²) in [6.07, 6.45) is -11.2. The summed E-state index contributed by atoms with van der Waals surface area (Å²) in [4.78, 5) is 66.5. The van der Waals surface area contributed by atoms with Gasteiger partial charge in [-0.2, -0.15) is 0 Å². The van der Waals surface area contributed by atoms with Crippen molar-refractivity contribution in [2.75, 3.05) is 13.2 Å². The van der Waals surface area contributed by atoms with Gasteiger partial charge < -0.3 is 44.1 Å². The zero-order valence-corrected chi connectivity index (χ0v) is 28.1. The van der Waals surface area contributed by atoms with Crippen LogP contribution in [0.4, 0.5) is 4.79 Å². The molecule has 264 valence electrons. The Morgan fingerprint density at radius 3 is 2.10 bits per heavy atom. The minimum Gasteiger partial charge on any atom is -0.463 e. The molecule has 2 fully saturated rings. The van der Waals surface area contributed by atoms with Gasteiger partial charge in [0.15, 0.2) is 11.9 Å². The lowest BCUT2D eigenvalue weighted by molar-refractivity contribution is -0.287. The van der Waals surface area contributed by atoms with E-state index < -0.39 is 108 Å². The van der Waals surface area contributed by atoms with Gasteiger partial charge in [0.25, 0.3) is 0 Å². The van der Waals surface area contributed by atoms with Crippen LogP contribution in [-0.4, -0.2) is 105 Å². The van der Waals surface area contributed by atoms with E-state index >= 15 is 4.79 Å². The average Bonchev–Trinajstić information content (AvgIpc) is 3.00. The van der Waals surface area contributed by atoms with E-state index in [0.717, 1.165) is 13.8 Å².